The lowest BCUT2D eigenvalue weighted by atomic mass is 10.1. The van der Waals surface area contributed by atoms with E-state index in [4.69, 9.17) is 4.74 Å². The van der Waals surface area contributed by atoms with E-state index in [9.17, 15) is 20.1 Å². The molecule has 0 unspecified atom stereocenters. The van der Waals surface area contributed by atoms with Gasteiger partial charge in [0, 0.05) is 17.7 Å². The maximum absolute atomic E-state index is 11.8. The van der Waals surface area contributed by atoms with Gasteiger partial charge in [-0.3, -0.25) is 4.79 Å². The van der Waals surface area contributed by atoms with Gasteiger partial charge in [-0.15, -0.1) is 0 Å². The van der Waals surface area contributed by atoms with E-state index in [-0.39, 0.29) is 23.7 Å². The number of hydrogen-bond donors (Lipinski definition) is 4. The van der Waals surface area contributed by atoms with Crippen LogP contribution in [0.4, 0.5) is 0 Å². The molecule has 0 radical (unpaired) electrons. The maximum atomic E-state index is 11.8. The predicted molar refractivity (Wildman–Crippen MR) is 83.9 cm³/mol. The quantitative estimate of drug-likeness (QED) is 0.493. The van der Waals surface area contributed by atoms with Crippen molar-refractivity contribution in [2.75, 3.05) is 7.11 Å². The zero-order chi connectivity index (χ0) is 16.8. The minimum Gasteiger partial charge on any atom is -0.508 e. The number of phenolic OH excluding ortho intramolecular Hbond substituents is 3. The molecule has 2 aromatic carbocycles. The van der Waals surface area contributed by atoms with Gasteiger partial charge in [-0.1, -0.05) is 0 Å². The lowest BCUT2D eigenvalue weighted by Gasteiger charge is -2.05. The summed E-state index contributed by atoms with van der Waals surface area (Å²) in [5, 5.41) is 31.9. The number of methoxy groups -OCH3 is 1. The normalized spacial score (nSPS) is 10.7. The third-order valence-corrected chi connectivity index (χ3v) is 2.94. The molecule has 0 spiro atoms. The Hall–Kier alpha value is -3.22. The van der Waals surface area contributed by atoms with Crippen molar-refractivity contribution in [3.8, 4) is 23.0 Å². The van der Waals surface area contributed by atoms with E-state index in [1.165, 1.54) is 43.7 Å². The summed E-state index contributed by atoms with van der Waals surface area (Å²) >= 11 is 0. The van der Waals surface area contributed by atoms with Gasteiger partial charge < -0.3 is 20.1 Å². The second-order valence-electron chi connectivity index (χ2n) is 4.75. The van der Waals surface area contributed by atoms with Gasteiger partial charge in [0.1, 0.15) is 23.0 Å². The molecule has 23 heavy (non-hydrogen) atoms. The summed E-state index contributed by atoms with van der Waals surface area (Å²) in [6.45, 7) is 0. The zero-order valence-electron chi connectivity index (χ0n) is 12.4. The number of phenols is 3. The van der Waals surface area contributed by atoms with E-state index in [1.54, 1.807) is 6.07 Å². The van der Waals surface area contributed by atoms with Gasteiger partial charge in [-0.2, -0.15) is 5.10 Å². The molecule has 0 atom stereocenters. The van der Waals surface area contributed by atoms with Crippen LogP contribution in [0.5, 0.6) is 23.0 Å². The van der Waals surface area contributed by atoms with Crippen LogP contribution in [-0.4, -0.2) is 34.6 Å². The van der Waals surface area contributed by atoms with Gasteiger partial charge >= 0.3 is 0 Å². The molecule has 2 aromatic rings. The number of hydrazone groups is 1. The molecule has 0 saturated carbocycles. The summed E-state index contributed by atoms with van der Waals surface area (Å²) in [5.41, 5.74) is 3.37. The molecule has 0 aliphatic heterocycles. The molecule has 0 saturated heterocycles. The van der Waals surface area contributed by atoms with Crippen molar-refractivity contribution >= 4 is 12.1 Å². The topological polar surface area (TPSA) is 111 Å². The summed E-state index contributed by atoms with van der Waals surface area (Å²) in [6, 6.07) is 8.44. The van der Waals surface area contributed by atoms with Crippen LogP contribution in [0.2, 0.25) is 0 Å². The van der Waals surface area contributed by atoms with Gasteiger partial charge in [0.25, 0.3) is 0 Å². The number of aromatic hydroxyl groups is 3. The molecular formula is C16H16N2O5. The number of benzene rings is 2. The van der Waals surface area contributed by atoms with Crippen molar-refractivity contribution < 1.29 is 24.9 Å². The fraction of sp³-hybridized carbons (Fsp3) is 0.125. The minimum atomic E-state index is -0.413. The Balaban J connectivity index is 1.98. The monoisotopic (exact) mass is 316 g/mol. The Morgan fingerprint density at radius 1 is 1.13 bits per heavy atom. The van der Waals surface area contributed by atoms with Crippen LogP contribution in [0.25, 0.3) is 0 Å². The van der Waals surface area contributed by atoms with Crippen LogP contribution in [0, 0.1) is 0 Å². The largest absolute Gasteiger partial charge is 0.508 e. The highest BCUT2D eigenvalue weighted by Crippen LogP contribution is 2.22. The number of rotatable bonds is 5. The predicted octanol–water partition coefficient (Wildman–Crippen LogP) is 1.50. The smallest absolute Gasteiger partial charge is 0.244 e. The third kappa shape index (κ3) is 4.63. The fourth-order valence-corrected chi connectivity index (χ4v) is 1.96. The van der Waals surface area contributed by atoms with E-state index >= 15 is 0 Å². The summed E-state index contributed by atoms with van der Waals surface area (Å²) in [6.07, 6.45) is 1.34. The summed E-state index contributed by atoms with van der Waals surface area (Å²) in [4.78, 5) is 11.8. The highest BCUT2D eigenvalue weighted by Gasteiger charge is 2.06. The van der Waals surface area contributed by atoms with Crippen LogP contribution in [0.15, 0.2) is 41.5 Å². The van der Waals surface area contributed by atoms with Crippen LogP contribution in [-0.2, 0) is 11.2 Å². The lowest BCUT2D eigenvalue weighted by molar-refractivity contribution is -0.120. The first kappa shape index (κ1) is 16.2. The molecule has 1 amide bonds. The standard InChI is InChI=1S/C16H16N2O5/c1-23-15-8-12(19)3-2-11(15)9-17-18-16(22)6-10-4-13(20)7-14(21)5-10/h2-5,7-9,19-21H,6H2,1H3,(H,18,22)/b17-9+. The van der Waals surface area contributed by atoms with E-state index in [0.29, 0.717) is 16.9 Å². The molecule has 7 heteroatoms. The Morgan fingerprint density at radius 3 is 2.48 bits per heavy atom. The van der Waals surface area contributed by atoms with Gasteiger partial charge in [0.05, 0.1) is 19.7 Å². The number of hydrogen-bond acceptors (Lipinski definition) is 6. The van der Waals surface area contributed by atoms with Crippen molar-refractivity contribution in [2.45, 2.75) is 6.42 Å². The van der Waals surface area contributed by atoms with E-state index in [1.807, 2.05) is 0 Å². The van der Waals surface area contributed by atoms with Gasteiger partial charge in [-0.25, -0.2) is 5.43 Å². The lowest BCUT2D eigenvalue weighted by Crippen LogP contribution is -2.19. The average Bonchev–Trinajstić information content (AvgIpc) is 2.47. The van der Waals surface area contributed by atoms with Gasteiger partial charge in [0.15, 0.2) is 0 Å². The first-order valence-electron chi connectivity index (χ1n) is 6.68. The van der Waals surface area contributed by atoms with Crippen molar-refractivity contribution in [2.24, 2.45) is 5.10 Å². The number of carbonyl (C=O) groups excluding carboxylic acids is 1. The molecule has 120 valence electrons. The highest BCUT2D eigenvalue weighted by molar-refractivity contribution is 5.86. The van der Waals surface area contributed by atoms with Crippen LogP contribution < -0.4 is 10.2 Å². The third-order valence-electron chi connectivity index (χ3n) is 2.94. The van der Waals surface area contributed by atoms with Crippen LogP contribution in [0.3, 0.4) is 0 Å². The van der Waals surface area contributed by atoms with Gasteiger partial charge in [-0.05, 0) is 29.8 Å². The maximum Gasteiger partial charge on any atom is 0.244 e. The summed E-state index contributed by atoms with van der Waals surface area (Å²) in [7, 11) is 1.46. The average molecular weight is 316 g/mol. The molecule has 7 nitrogen and oxygen atoms in total. The number of amides is 1. The molecule has 0 aliphatic carbocycles. The Labute approximate surface area is 132 Å². The van der Waals surface area contributed by atoms with Crippen molar-refractivity contribution in [3.05, 3.63) is 47.5 Å². The SMILES string of the molecule is COc1cc(O)ccc1/C=N/NC(=O)Cc1cc(O)cc(O)c1. The van der Waals surface area contributed by atoms with E-state index in [2.05, 4.69) is 10.5 Å². The Kier molecular flexibility index (Phi) is 5.03. The first-order chi connectivity index (χ1) is 11.0. The van der Waals surface area contributed by atoms with Crippen LogP contribution in [0.1, 0.15) is 11.1 Å². The molecule has 2 rings (SSSR count). The number of ether oxygens (including phenoxy) is 1. The second kappa shape index (κ2) is 7.17. The minimum absolute atomic E-state index is 0.0496. The number of carbonyl (C=O) groups is 1. The summed E-state index contributed by atoms with van der Waals surface area (Å²) < 4.78 is 5.09. The zero-order valence-corrected chi connectivity index (χ0v) is 12.4. The van der Waals surface area contributed by atoms with Crippen molar-refractivity contribution in [1.82, 2.24) is 5.43 Å². The number of nitrogens with zero attached hydrogens (tertiary/aromatic N) is 1. The highest BCUT2D eigenvalue weighted by atomic mass is 16.5. The van der Waals surface area contributed by atoms with Crippen LogP contribution >= 0.6 is 0 Å². The molecule has 0 heterocycles. The molecule has 0 aliphatic rings. The molecule has 0 fully saturated rings. The molecule has 4 N–H and O–H groups in total. The first-order valence-corrected chi connectivity index (χ1v) is 6.68. The number of nitrogens with one attached hydrogen (secondary N) is 1. The molecule has 0 aromatic heterocycles. The summed E-state index contributed by atoms with van der Waals surface area (Å²) in [5.74, 6) is -0.174. The van der Waals surface area contributed by atoms with Gasteiger partial charge in [0.2, 0.25) is 5.91 Å². The fourth-order valence-electron chi connectivity index (χ4n) is 1.96. The van der Waals surface area contributed by atoms with E-state index < -0.39 is 5.91 Å². The van der Waals surface area contributed by atoms with Crippen molar-refractivity contribution in [1.29, 1.82) is 0 Å². The molecule has 0 bridgehead atoms. The Bertz CT molecular complexity index is 723. The van der Waals surface area contributed by atoms with E-state index in [0.717, 1.165) is 0 Å². The molecular weight excluding hydrogens is 300 g/mol. The van der Waals surface area contributed by atoms with Crippen molar-refractivity contribution in [3.63, 3.8) is 0 Å². The second-order valence-corrected chi connectivity index (χ2v) is 4.75. The Morgan fingerprint density at radius 2 is 1.83 bits per heavy atom.